The van der Waals surface area contributed by atoms with E-state index in [0.717, 1.165) is 17.0 Å². The van der Waals surface area contributed by atoms with Gasteiger partial charge in [-0.3, -0.25) is 4.79 Å². The van der Waals surface area contributed by atoms with E-state index in [1.54, 1.807) is 25.4 Å². The van der Waals surface area contributed by atoms with Gasteiger partial charge in [-0.05, 0) is 41.8 Å². The van der Waals surface area contributed by atoms with Crippen molar-refractivity contribution < 1.29 is 13.9 Å². The van der Waals surface area contributed by atoms with E-state index in [0.29, 0.717) is 18.6 Å². The fourth-order valence-corrected chi connectivity index (χ4v) is 2.92. The highest BCUT2D eigenvalue weighted by Gasteiger charge is 2.21. The summed E-state index contributed by atoms with van der Waals surface area (Å²) in [5, 5.41) is 3.06. The number of halogens is 1. The van der Waals surface area contributed by atoms with Gasteiger partial charge in [0.2, 0.25) is 5.91 Å². The second-order valence-corrected chi connectivity index (χ2v) is 6.30. The average Bonchev–Trinajstić information content (AvgIpc) is 3.11. The first-order valence-electron chi connectivity index (χ1n) is 8.72. The van der Waals surface area contributed by atoms with E-state index in [9.17, 15) is 9.18 Å². The van der Waals surface area contributed by atoms with Gasteiger partial charge in [0.25, 0.3) is 0 Å². The zero-order valence-corrected chi connectivity index (χ0v) is 15.4. The van der Waals surface area contributed by atoms with Gasteiger partial charge in [0.15, 0.2) is 0 Å². The van der Waals surface area contributed by atoms with Gasteiger partial charge in [-0.2, -0.15) is 0 Å². The minimum atomic E-state index is -0.388. The molecule has 0 fully saturated rings. The van der Waals surface area contributed by atoms with Crippen molar-refractivity contribution >= 4 is 5.91 Å². The molecule has 1 atom stereocenters. The quantitative estimate of drug-likeness (QED) is 0.696. The van der Waals surface area contributed by atoms with E-state index in [1.807, 2.05) is 42.1 Å². The number of carbonyl (C=O) groups excluding carboxylic acids is 1. The molecule has 0 aliphatic heterocycles. The van der Waals surface area contributed by atoms with Crippen molar-refractivity contribution in [3.05, 3.63) is 83.7 Å². The van der Waals surface area contributed by atoms with Gasteiger partial charge in [0, 0.05) is 25.9 Å². The molecule has 0 saturated carbocycles. The molecule has 1 unspecified atom stereocenters. The van der Waals surface area contributed by atoms with Crippen molar-refractivity contribution in [3.8, 4) is 5.75 Å². The van der Waals surface area contributed by atoms with Crippen molar-refractivity contribution in [2.45, 2.75) is 18.9 Å². The molecule has 3 rings (SSSR count). The van der Waals surface area contributed by atoms with Gasteiger partial charge >= 0.3 is 0 Å². The number of hydrogen-bond acceptors (Lipinski definition) is 3. The molecule has 140 valence electrons. The zero-order chi connectivity index (χ0) is 19.2. The molecule has 6 heteroatoms. The smallest absolute Gasteiger partial charge is 0.221 e. The maximum absolute atomic E-state index is 13.0. The summed E-state index contributed by atoms with van der Waals surface area (Å²) in [4.78, 5) is 17.0. The fraction of sp³-hybridized carbons (Fsp3) is 0.238. The Kier molecular flexibility index (Phi) is 5.86. The van der Waals surface area contributed by atoms with Crippen LogP contribution in [0.2, 0.25) is 0 Å². The molecule has 0 saturated heterocycles. The molecule has 1 amide bonds. The van der Waals surface area contributed by atoms with Crippen LogP contribution < -0.4 is 10.1 Å². The van der Waals surface area contributed by atoms with Crippen molar-refractivity contribution in [2.75, 3.05) is 7.11 Å². The Morgan fingerprint density at radius 3 is 2.70 bits per heavy atom. The number of hydrogen-bond donors (Lipinski definition) is 1. The summed E-state index contributed by atoms with van der Waals surface area (Å²) in [6, 6.07) is 13.4. The monoisotopic (exact) mass is 367 g/mol. The number of rotatable bonds is 7. The maximum Gasteiger partial charge on any atom is 0.221 e. The van der Waals surface area contributed by atoms with Crippen LogP contribution in [0.25, 0.3) is 0 Å². The molecule has 27 heavy (non-hydrogen) atoms. The average molecular weight is 367 g/mol. The Balaban J connectivity index is 1.75. The van der Waals surface area contributed by atoms with Crippen molar-refractivity contribution in [2.24, 2.45) is 7.05 Å². The first-order chi connectivity index (χ1) is 13.1. The Hall–Kier alpha value is -3.15. The largest absolute Gasteiger partial charge is 0.497 e. The van der Waals surface area contributed by atoms with Gasteiger partial charge in [0.1, 0.15) is 23.4 Å². The van der Waals surface area contributed by atoms with Gasteiger partial charge in [-0.25, -0.2) is 9.37 Å². The van der Waals surface area contributed by atoms with Crippen LogP contribution in [0.1, 0.15) is 29.4 Å². The number of nitrogens with zero attached hydrogens (tertiary/aromatic N) is 2. The Morgan fingerprint density at radius 2 is 2.04 bits per heavy atom. The molecule has 1 N–H and O–H groups in total. The Bertz CT molecular complexity index is 906. The predicted octanol–water partition coefficient (Wildman–Crippen LogP) is 3.41. The highest BCUT2D eigenvalue weighted by molar-refractivity contribution is 5.77. The van der Waals surface area contributed by atoms with Crippen LogP contribution in [0.4, 0.5) is 4.39 Å². The minimum Gasteiger partial charge on any atom is -0.497 e. The normalized spacial score (nSPS) is 11.8. The van der Waals surface area contributed by atoms with E-state index in [-0.39, 0.29) is 17.8 Å². The van der Waals surface area contributed by atoms with Gasteiger partial charge in [-0.1, -0.05) is 24.3 Å². The highest BCUT2D eigenvalue weighted by Crippen LogP contribution is 2.24. The number of amides is 1. The summed E-state index contributed by atoms with van der Waals surface area (Å²) >= 11 is 0. The number of aryl methyl sites for hydroxylation is 2. The third-order valence-corrected chi connectivity index (χ3v) is 4.40. The number of methoxy groups -OCH3 is 1. The molecule has 0 aliphatic rings. The summed E-state index contributed by atoms with van der Waals surface area (Å²) < 4.78 is 20.2. The fourth-order valence-electron chi connectivity index (χ4n) is 2.92. The topological polar surface area (TPSA) is 56.1 Å². The van der Waals surface area contributed by atoms with Crippen LogP contribution >= 0.6 is 0 Å². The second-order valence-electron chi connectivity index (χ2n) is 6.30. The molecule has 5 nitrogen and oxygen atoms in total. The molecule has 0 radical (unpaired) electrons. The van der Waals surface area contributed by atoms with Gasteiger partial charge < -0.3 is 14.6 Å². The summed E-state index contributed by atoms with van der Waals surface area (Å²) in [7, 11) is 3.50. The number of carbonyl (C=O) groups is 1. The van der Waals surface area contributed by atoms with E-state index < -0.39 is 0 Å². The van der Waals surface area contributed by atoms with E-state index >= 15 is 0 Å². The van der Waals surface area contributed by atoms with E-state index in [2.05, 4.69) is 10.3 Å². The lowest BCUT2D eigenvalue weighted by atomic mass is 10.0. The molecule has 0 aliphatic carbocycles. The predicted molar refractivity (Wildman–Crippen MR) is 101 cm³/mol. The third-order valence-electron chi connectivity index (χ3n) is 4.40. The lowest BCUT2D eigenvalue weighted by Crippen LogP contribution is -2.31. The first-order valence-corrected chi connectivity index (χ1v) is 8.72. The van der Waals surface area contributed by atoms with Crippen LogP contribution in [-0.4, -0.2) is 22.6 Å². The first kappa shape index (κ1) is 18.6. The highest BCUT2D eigenvalue weighted by atomic mass is 19.1. The maximum atomic E-state index is 13.0. The minimum absolute atomic E-state index is 0.102. The van der Waals surface area contributed by atoms with Crippen LogP contribution in [0, 0.1) is 5.82 Å². The number of aromatic nitrogens is 2. The summed E-state index contributed by atoms with van der Waals surface area (Å²) in [6.07, 6.45) is 4.38. The Labute approximate surface area is 157 Å². The molecule has 0 spiro atoms. The molecule has 1 aromatic heterocycles. The lowest BCUT2D eigenvalue weighted by Gasteiger charge is -2.20. The standard InChI is InChI=1S/C21H22FN3O2/c1-25-13-12-23-21(25)20(16-4-3-5-18(14-16)27-2)24-19(26)11-8-15-6-9-17(22)10-7-15/h3-7,9-10,12-14,20H,8,11H2,1-2H3,(H,24,26). The SMILES string of the molecule is COc1cccc(C(NC(=O)CCc2ccc(F)cc2)c2nccn2C)c1. The van der Waals surface area contributed by atoms with Gasteiger partial charge in [-0.15, -0.1) is 0 Å². The second kappa shape index (κ2) is 8.49. The summed E-state index contributed by atoms with van der Waals surface area (Å²) in [5.74, 6) is 1.07. The number of ether oxygens (including phenoxy) is 1. The molecule has 2 aromatic carbocycles. The summed E-state index contributed by atoms with van der Waals surface area (Å²) in [5.41, 5.74) is 1.81. The van der Waals surface area contributed by atoms with E-state index in [4.69, 9.17) is 4.74 Å². The van der Waals surface area contributed by atoms with E-state index in [1.165, 1.54) is 12.1 Å². The lowest BCUT2D eigenvalue weighted by molar-refractivity contribution is -0.121. The summed E-state index contributed by atoms with van der Waals surface area (Å²) in [6.45, 7) is 0. The number of nitrogens with one attached hydrogen (secondary N) is 1. The molecular weight excluding hydrogens is 345 g/mol. The van der Waals surface area contributed by atoms with Crippen molar-refractivity contribution in [3.63, 3.8) is 0 Å². The van der Waals surface area contributed by atoms with Crippen LogP contribution in [0.5, 0.6) is 5.75 Å². The van der Waals surface area contributed by atoms with Gasteiger partial charge in [0.05, 0.1) is 7.11 Å². The molecule has 1 heterocycles. The number of benzene rings is 2. The molecular formula is C21H22FN3O2. The Morgan fingerprint density at radius 1 is 1.26 bits per heavy atom. The third kappa shape index (κ3) is 4.73. The molecule has 0 bridgehead atoms. The van der Waals surface area contributed by atoms with Crippen molar-refractivity contribution in [1.29, 1.82) is 0 Å². The van der Waals surface area contributed by atoms with Crippen LogP contribution in [0.3, 0.4) is 0 Å². The zero-order valence-electron chi connectivity index (χ0n) is 15.4. The molecule has 3 aromatic rings. The number of imidazole rings is 1. The van der Waals surface area contributed by atoms with Crippen LogP contribution in [-0.2, 0) is 18.3 Å². The van der Waals surface area contributed by atoms with Crippen LogP contribution in [0.15, 0.2) is 60.9 Å². The van der Waals surface area contributed by atoms with Crippen molar-refractivity contribution in [1.82, 2.24) is 14.9 Å².